The van der Waals surface area contributed by atoms with Gasteiger partial charge in [-0.05, 0) is 42.5 Å². The minimum atomic E-state index is -2.84. The summed E-state index contributed by atoms with van der Waals surface area (Å²) in [4.78, 5) is 0.0704. The van der Waals surface area contributed by atoms with Crippen LogP contribution in [0.1, 0.15) is 22.4 Å². The molecule has 2 unspecified atom stereocenters. The van der Waals surface area contributed by atoms with Crippen molar-refractivity contribution in [3.8, 4) is 0 Å². The summed E-state index contributed by atoms with van der Waals surface area (Å²) in [5.41, 5.74) is 2.26. The van der Waals surface area contributed by atoms with Crippen LogP contribution in [-0.2, 0) is 9.84 Å². The van der Waals surface area contributed by atoms with Crippen LogP contribution in [-0.4, -0.2) is 19.9 Å². The molecule has 1 heterocycles. The van der Waals surface area contributed by atoms with E-state index in [4.69, 9.17) is 0 Å². The van der Waals surface area contributed by atoms with Gasteiger partial charge in [0.15, 0.2) is 9.84 Å². The number of halogens is 3. The summed E-state index contributed by atoms with van der Waals surface area (Å²) in [5.74, 6) is 0.742. The molecule has 1 aliphatic rings. The number of hydrogen-bond donors (Lipinski definition) is 0. The van der Waals surface area contributed by atoms with Gasteiger partial charge in [0, 0.05) is 13.8 Å². The molecule has 2 rings (SSSR count). The predicted molar refractivity (Wildman–Crippen MR) is 85.0 cm³/mol. The molecule has 1 saturated heterocycles. The first kappa shape index (κ1) is 15.0. The molecule has 18 heavy (non-hydrogen) atoms. The Balaban J connectivity index is 2.30. The van der Waals surface area contributed by atoms with Gasteiger partial charge in [-0.15, -0.1) is 0 Å². The number of alkyl halides is 1. The molecule has 0 bridgehead atoms. The Labute approximate surface area is 133 Å². The van der Waals surface area contributed by atoms with E-state index in [9.17, 15) is 8.42 Å². The quantitative estimate of drug-likeness (QED) is 0.613. The molecule has 0 N–H and O–H groups in total. The van der Waals surface area contributed by atoms with Gasteiger partial charge in [-0.25, -0.2) is 8.42 Å². The number of hydrogen-bond acceptors (Lipinski definition) is 2. The van der Waals surface area contributed by atoms with Crippen molar-refractivity contribution in [2.45, 2.75) is 18.2 Å². The van der Waals surface area contributed by atoms with Crippen molar-refractivity contribution in [2.75, 3.05) is 11.5 Å². The predicted octanol–water partition coefficient (Wildman–Crippen LogP) is 4.39. The minimum Gasteiger partial charge on any atom is -0.229 e. The van der Waals surface area contributed by atoms with Crippen LogP contribution in [0, 0.1) is 12.8 Å². The van der Waals surface area contributed by atoms with Gasteiger partial charge >= 0.3 is 0 Å². The lowest BCUT2D eigenvalue weighted by Gasteiger charge is -2.19. The lowest BCUT2D eigenvalue weighted by molar-refractivity contribution is 0.579. The zero-order valence-corrected chi connectivity index (χ0v) is 15.4. The van der Waals surface area contributed by atoms with E-state index in [1.165, 1.54) is 0 Å². The molecule has 0 saturated carbocycles. The Hall–Kier alpha value is 0.610. The molecule has 0 radical (unpaired) electrons. The highest BCUT2D eigenvalue weighted by Crippen LogP contribution is 2.42. The second kappa shape index (κ2) is 5.54. The van der Waals surface area contributed by atoms with Crippen molar-refractivity contribution in [3.63, 3.8) is 0 Å². The SMILES string of the molecule is Cc1cc(Br)c(C(Br)C2CCS(=O)(=O)C2)cc1Br. The molecule has 2 atom stereocenters. The highest BCUT2D eigenvalue weighted by Gasteiger charge is 2.34. The maximum Gasteiger partial charge on any atom is 0.150 e. The Bertz CT molecular complexity index is 569. The molecule has 1 aromatic carbocycles. The summed E-state index contributed by atoms with van der Waals surface area (Å²) in [6.45, 7) is 2.03. The van der Waals surface area contributed by atoms with Gasteiger partial charge in [0.2, 0.25) is 0 Å². The second-order valence-corrected chi connectivity index (χ2v) is 9.61. The summed E-state index contributed by atoms with van der Waals surface area (Å²) >= 11 is 10.7. The van der Waals surface area contributed by atoms with E-state index >= 15 is 0 Å². The first-order chi connectivity index (χ1) is 8.30. The molecular formula is C12H13Br3O2S. The summed E-state index contributed by atoms with van der Waals surface area (Å²) in [5, 5.41) is 0. The zero-order chi connectivity index (χ0) is 13.5. The number of sulfone groups is 1. The molecule has 2 nitrogen and oxygen atoms in total. The fraction of sp³-hybridized carbons (Fsp3) is 0.500. The van der Waals surface area contributed by atoms with Crippen LogP contribution in [0.25, 0.3) is 0 Å². The highest BCUT2D eigenvalue weighted by atomic mass is 79.9. The summed E-state index contributed by atoms with van der Waals surface area (Å²) in [7, 11) is -2.84. The Morgan fingerprint density at radius 1 is 1.28 bits per heavy atom. The van der Waals surface area contributed by atoms with Crippen LogP contribution >= 0.6 is 47.8 Å². The van der Waals surface area contributed by atoms with Crippen molar-refractivity contribution >= 4 is 57.6 Å². The Morgan fingerprint density at radius 2 is 1.94 bits per heavy atom. The topological polar surface area (TPSA) is 34.1 Å². The van der Waals surface area contributed by atoms with Crippen molar-refractivity contribution in [3.05, 3.63) is 32.2 Å². The standard InChI is InChI=1S/C12H13Br3O2S/c1-7-4-11(14)9(5-10(7)13)12(15)8-2-3-18(16,17)6-8/h4-5,8,12H,2-3,6H2,1H3. The fourth-order valence-electron chi connectivity index (χ4n) is 2.18. The molecule has 100 valence electrons. The van der Waals surface area contributed by atoms with E-state index < -0.39 is 9.84 Å². The van der Waals surface area contributed by atoms with Gasteiger partial charge in [0.25, 0.3) is 0 Å². The first-order valence-electron chi connectivity index (χ1n) is 5.60. The van der Waals surface area contributed by atoms with Gasteiger partial charge in [-0.3, -0.25) is 0 Å². The molecule has 0 amide bonds. The lowest BCUT2D eigenvalue weighted by atomic mass is 9.98. The highest BCUT2D eigenvalue weighted by molar-refractivity contribution is 9.11. The van der Waals surface area contributed by atoms with Crippen LogP contribution in [0.4, 0.5) is 0 Å². The Morgan fingerprint density at radius 3 is 2.50 bits per heavy atom. The fourth-order valence-corrected chi connectivity index (χ4v) is 6.47. The molecule has 1 aliphatic heterocycles. The number of rotatable bonds is 2. The second-order valence-electron chi connectivity index (χ2n) is 4.69. The summed E-state index contributed by atoms with van der Waals surface area (Å²) < 4.78 is 25.2. The Kier molecular flexibility index (Phi) is 4.62. The lowest BCUT2D eigenvalue weighted by Crippen LogP contribution is -2.10. The van der Waals surface area contributed by atoms with Crippen LogP contribution < -0.4 is 0 Å². The molecule has 0 aromatic heterocycles. The van der Waals surface area contributed by atoms with E-state index in [1.54, 1.807) is 0 Å². The monoisotopic (exact) mass is 458 g/mol. The normalized spacial score (nSPS) is 24.1. The zero-order valence-electron chi connectivity index (χ0n) is 9.79. The van der Waals surface area contributed by atoms with Gasteiger partial charge in [-0.2, -0.15) is 0 Å². The molecular weight excluding hydrogens is 448 g/mol. The van der Waals surface area contributed by atoms with Crippen LogP contribution in [0.2, 0.25) is 0 Å². The third-order valence-electron chi connectivity index (χ3n) is 3.26. The number of aryl methyl sites for hydroxylation is 1. The van der Waals surface area contributed by atoms with Crippen molar-refractivity contribution < 1.29 is 8.42 Å². The van der Waals surface area contributed by atoms with E-state index in [1.807, 2.05) is 6.92 Å². The molecule has 0 aliphatic carbocycles. The average Bonchev–Trinajstić information content (AvgIpc) is 2.63. The average molecular weight is 461 g/mol. The van der Waals surface area contributed by atoms with Crippen molar-refractivity contribution in [2.24, 2.45) is 5.92 Å². The smallest absolute Gasteiger partial charge is 0.150 e. The molecule has 1 aromatic rings. The van der Waals surface area contributed by atoms with E-state index in [2.05, 4.69) is 59.9 Å². The van der Waals surface area contributed by atoms with Gasteiger partial charge in [-0.1, -0.05) is 47.8 Å². The van der Waals surface area contributed by atoms with Gasteiger partial charge < -0.3 is 0 Å². The third-order valence-corrected chi connectivity index (χ3v) is 7.83. The van der Waals surface area contributed by atoms with Crippen molar-refractivity contribution in [1.82, 2.24) is 0 Å². The first-order valence-corrected chi connectivity index (χ1v) is 9.92. The van der Waals surface area contributed by atoms with E-state index in [-0.39, 0.29) is 16.5 Å². The van der Waals surface area contributed by atoms with Gasteiger partial charge in [0.05, 0.1) is 11.5 Å². The van der Waals surface area contributed by atoms with Crippen LogP contribution in [0.15, 0.2) is 21.1 Å². The minimum absolute atomic E-state index is 0.0704. The van der Waals surface area contributed by atoms with Crippen molar-refractivity contribution in [1.29, 1.82) is 0 Å². The molecule has 0 spiro atoms. The van der Waals surface area contributed by atoms with E-state index in [0.29, 0.717) is 5.75 Å². The molecule has 1 fully saturated rings. The number of benzene rings is 1. The summed E-state index contributed by atoms with van der Waals surface area (Å²) in [6.07, 6.45) is 0.732. The van der Waals surface area contributed by atoms with Gasteiger partial charge in [0.1, 0.15) is 0 Å². The summed E-state index contributed by atoms with van der Waals surface area (Å²) in [6, 6.07) is 4.11. The van der Waals surface area contributed by atoms with E-state index in [0.717, 1.165) is 26.5 Å². The van der Waals surface area contributed by atoms with Crippen LogP contribution in [0.5, 0.6) is 0 Å². The van der Waals surface area contributed by atoms with Crippen LogP contribution in [0.3, 0.4) is 0 Å². The third kappa shape index (κ3) is 3.19. The molecule has 6 heteroatoms. The largest absolute Gasteiger partial charge is 0.229 e. The maximum absolute atomic E-state index is 11.5. The maximum atomic E-state index is 11.5.